The zero-order chi connectivity index (χ0) is 20.1. The Bertz CT molecular complexity index is 868. The first-order valence-electron chi connectivity index (χ1n) is 10.1. The minimum absolute atomic E-state index is 0.221. The quantitative estimate of drug-likeness (QED) is 0.755. The first-order chi connectivity index (χ1) is 14.2. The molecule has 154 valence electrons. The number of nitrogens with one attached hydrogen (secondary N) is 2. The van der Waals surface area contributed by atoms with Gasteiger partial charge in [0.1, 0.15) is 13.2 Å². The summed E-state index contributed by atoms with van der Waals surface area (Å²) in [7, 11) is 0. The average Bonchev–Trinajstić information content (AvgIpc) is 3.24. The molecule has 1 saturated heterocycles. The van der Waals surface area contributed by atoms with Gasteiger partial charge in [0.25, 0.3) is 0 Å². The van der Waals surface area contributed by atoms with Crippen molar-refractivity contribution in [2.75, 3.05) is 26.3 Å². The number of likely N-dealkylation sites (tertiary alicyclic amines) is 1. The summed E-state index contributed by atoms with van der Waals surface area (Å²) in [5, 5.41) is 6.27. The smallest absolute Gasteiger partial charge is 0.315 e. The minimum Gasteiger partial charge on any atom is -0.486 e. The Labute approximate surface area is 176 Å². The van der Waals surface area contributed by atoms with Gasteiger partial charge in [-0.15, -0.1) is 0 Å². The molecule has 0 unspecified atom stereocenters. The molecule has 2 heterocycles. The second-order valence-electron chi connectivity index (χ2n) is 7.44. The fourth-order valence-corrected chi connectivity index (χ4v) is 4.02. The van der Waals surface area contributed by atoms with Crippen molar-refractivity contribution in [1.82, 2.24) is 15.5 Å². The van der Waals surface area contributed by atoms with Gasteiger partial charge in [0.2, 0.25) is 0 Å². The number of fused-ring (bicyclic) bond motifs is 1. The van der Waals surface area contributed by atoms with Crippen LogP contribution >= 0.6 is 11.6 Å². The SMILES string of the molecule is O=C(NCc1cccc(CN2CCCC2)c1)NCc1cc(Cl)c2c(c1)OCCO2. The van der Waals surface area contributed by atoms with Crippen LogP contribution in [-0.4, -0.2) is 37.2 Å². The van der Waals surface area contributed by atoms with Crippen LogP contribution in [0.3, 0.4) is 0 Å². The summed E-state index contributed by atoms with van der Waals surface area (Å²) in [6.45, 7) is 5.16. The van der Waals surface area contributed by atoms with Crippen LogP contribution in [0, 0.1) is 0 Å². The molecule has 0 bridgehead atoms. The van der Waals surface area contributed by atoms with Crippen molar-refractivity contribution in [2.45, 2.75) is 32.5 Å². The maximum atomic E-state index is 12.2. The van der Waals surface area contributed by atoms with E-state index in [-0.39, 0.29) is 6.03 Å². The number of urea groups is 1. The second kappa shape index (κ2) is 9.37. The van der Waals surface area contributed by atoms with E-state index in [2.05, 4.69) is 33.7 Å². The van der Waals surface area contributed by atoms with Crippen molar-refractivity contribution in [2.24, 2.45) is 0 Å². The fourth-order valence-electron chi connectivity index (χ4n) is 3.73. The number of amides is 2. The van der Waals surface area contributed by atoms with E-state index in [0.29, 0.717) is 42.8 Å². The van der Waals surface area contributed by atoms with Crippen LogP contribution in [-0.2, 0) is 19.6 Å². The molecule has 0 saturated carbocycles. The van der Waals surface area contributed by atoms with Gasteiger partial charge in [-0.2, -0.15) is 0 Å². The van der Waals surface area contributed by atoms with E-state index < -0.39 is 0 Å². The molecule has 4 rings (SSSR count). The fraction of sp³-hybridized carbons (Fsp3) is 0.409. The van der Waals surface area contributed by atoms with Crippen molar-refractivity contribution in [3.8, 4) is 11.5 Å². The molecule has 7 heteroatoms. The van der Waals surface area contributed by atoms with Crippen LogP contribution in [0.25, 0.3) is 0 Å². The molecule has 29 heavy (non-hydrogen) atoms. The van der Waals surface area contributed by atoms with Crippen LogP contribution in [0.15, 0.2) is 36.4 Å². The number of nitrogens with zero attached hydrogens (tertiary/aromatic N) is 1. The Kier molecular flexibility index (Phi) is 6.42. The molecular formula is C22H26ClN3O3. The predicted octanol–water partition coefficient (Wildman–Crippen LogP) is 3.71. The molecule has 2 amide bonds. The summed E-state index contributed by atoms with van der Waals surface area (Å²) in [6.07, 6.45) is 2.58. The highest BCUT2D eigenvalue weighted by Gasteiger charge is 2.17. The summed E-state index contributed by atoms with van der Waals surface area (Å²) in [4.78, 5) is 14.7. The number of carbonyl (C=O) groups is 1. The normalized spacial score (nSPS) is 15.9. The molecule has 0 aromatic heterocycles. The van der Waals surface area contributed by atoms with Gasteiger partial charge >= 0.3 is 6.03 Å². The van der Waals surface area contributed by atoms with Gasteiger partial charge in [-0.05, 0) is 54.8 Å². The maximum Gasteiger partial charge on any atom is 0.315 e. The number of rotatable bonds is 6. The standard InChI is InChI=1S/C22H26ClN3O3/c23-19-11-18(12-20-21(19)29-9-8-28-20)14-25-22(27)24-13-16-4-3-5-17(10-16)15-26-6-1-2-7-26/h3-5,10-12H,1-2,6-9,13-15H2,(H2,24,25,27). The van der Waals surface area contributed by atoms with Crippen LogP contribution < -0.4 is 20.1 Å². The lowest BCUT2D eigenvalue weighted by molar-refractivity contribution is 0.171. The van der Waals surface area contributed by atoms with E-state index in [1.807, 2.05) is 12.1 Å². The van der Waals surface area contributed by atoms with Gasteiger partial charge in [0.15, 0.2) is 11.5 Å². The minimum atomic E-state index is -0.221. The third-order valence-corrected chi connectivity index (χ3v) is 5.44. The largest absolute Gasteiger partial charge is 0.486 e. The summed E-state index contributed by atoms with van der Waals surface area (Å²) in [6, 6.07) is 11.8. The van der Waals surface area contributed by atoms with Crippen molar-refractivity contribution in [3.63, 3.8) is 0 Å². The second-order valence-corrected chi connectivity index (χ2v) is 7.85. The van der Waals surface area contributed by atoms with Crippen molar-refractivity contribution in [1.29, 1.82) is 0 Å². The number of carbonyl (C=O) groups excluding carboxylic acids is 1. The molecule has 0 aliphatic carbocycles. The van der Waals surface area contributed by atoms with E-state index in [1.54, 1.807) is 6.07 Å². The Morgan fingerprint density at radius 1 is 0.966 bits per heavy atom. The molecular weight excluding hydrogens is 390 g/mol. The predicted molar refractivity (Wildman–Crippen MR) is 112 cm³/mol. The third-order valence-electron chi connectivity index (χ3n) is 5.16. The summed E-state index contributed by atoms with van der Waals surface area (Å²) >= 11 is 6.24. The number of benzene rings is 2. The van der Waals surface area contributed by atoms with E-state index >= 15 is 0 Å². The summed E-state index contributed by atoms with van der Waals surface area (Å²) in [5.74, 6) is 1.19. The Morgan fingerprint density at radius 2 is 1.69 bits per heavy atom. The van der Waals surface area contributed by atoms with Crippen molar-refractivity contribution >= 4 is 17.6 Å². The monoisotopic (exact) mass is 415 g/mol. The van der Waals surface area contributed by atoms with Crippen LogP contribution in [0.1, 0.15) is 29.5 Å². The molecule has 0 atom stereocenters. The topological polar surface area (TPSA) is 62.8 Å². The molecule has 2 aliphatic rings. The highest BCUT2D eigenvalue weighted by Crippen LogP contribution is 2.38. The average molecular weight is 416 g/mol. The van der Waals surface area contributed by atoms with Gasteiger partial charge in [0.05, 0.1) is 5.02 Å². The van der Waals surface area contributed by atoms with Crippen LogP contribution in [0.5, 0.6) is 11.5 Å². The zero-order valence-electron chi connectivity index (χ0n) is 16.4. The summed E-state index contributed by atoms with van der Waals surface area (Å²) < 4.78 is 11.1. The first-order valence-corrected chi connectivity index (χ1v) is 10.4. The van der Waals surface area contributed by atoms with Crippen LogP contribution in [0.4, 0.5) is 4.79 Å². The van der Waals surface area contributed by atoms with Gasteiger partial charge in [0, 0.05) is 19.6 Å². The lowest BCUT2D eigenvalue weighted by Gasteiger charge is -2.20. The van der Waals surface area contributed by atoms with Crippen molar-refractivity contribution < 1.29 is 14.3 Å². The number of hydrogen-bond donors (Lipinski definition) is 2. The van der Waals surface area contributed by atoms with E-state index in [1.165, 1.54) is 31.5 Å². The Balaban J connectivity index is 1.26. The molecule has 0 radical (unpaired) electrons. The number of halogens is 1. The zero-order valence-corrected chi connectivity index (χ0v) is 17.1. The highest BCUT2D eigenvalue weighted by molar-refractivity contribution is 6.32. The maximum absolute atomic E-state index is 12.2. The van der Waals surface area contributed by atoms with Gasteiger partial charge in [-0.25, -0.2) is 4.79 Å². The summed E-state index contributed by atoms with van der Waals surface area (Å²) in [5.41, 5.74) is 3.25. The van der Waals surface area contributed by atoms with Gasteiger partial charge < -0.3 is 20.1 Å². The third kappa shape index (κ3) is 5.34. The molecule has 2 aromatic rings. The lowest BCUT2D eigenvalue weighted by atomic mass is 10.1. The van der Waals surface area contributed by atoms with E-state index in [4.69, 9.17) is 21.1 Å². The Morgan fingerprint density at radius 3 is 2.52 bits per heavy atom. The molecule has 2 aromatic carbocycles. The first kappa shape index (κ1) is 19.9. The van der Waals surface area contributed by atoms with Crippen LogP contribution in [0.2, 0.25) is 5.02 Å². The highest BCUT2D eigenvalue weighted by atomic mass is 35.5. The van der Waals surface area contributed by atoms with Gasteiger partial charge in [-0.3, -0.25) is 4.90 Å². The lowest BCUT2D eigenvalue weighted by Crippen LogP contribution is -2.34. The van der Waals surface area contributed by atoms with Crippen molar-refractivity contribution in [3.05, 3.63) is 58.1 Å². The van der Waals surface area contributed by atoms with E-state index in [0.717, 1.165) is 17.7 Å². The molecule has 2 N–H and O–H groups in total. The van der Waals surface area contributed by atoms with Gasteiger partial charge in [-0.1, -0.05) is 35.9 Å². The Hall–Kier alpha value is -2.44. The molecule has 6 nitrogen and oxygen atoms in total. The van der Waals surface area contributed by atoms with E-state index in [9.17, 15) is 4.79 Å². The number of hydrogen-bond acceptors (Lipinski definition) is 4. The molecule has 2 aliphatic heterocycles. The molecule has 0 spiro atoms. The molecule has 1 fully saturated rings. The number of ether oxygens (including phenoxy) is 2.